The van der Waals surface area contributed by atoms with Gasteiger partial charge in [0.1, 0.15) is 0 Å². The van der Waals surface area contributed by atoms with E-state index in [-0.39, 0.29) is 18.6 Å². The van der Waals surface area contributed by atoms with Crippen LogP contribution in [0.25, 0.3) is 0 Å². The summed E-state index contributed by atoms with van der Waals surface area (Å²) in [4.78, 5) is 11.2. The topological polar surface area (TPSA) is 61.6 Å². The lowest BCUT2D eigenvalue weighted by Crippen LogP contribution is -2.24. The predicted molar refractivity (Wildman–Crippen MR) is 63.8 cm³/mol. The van der Waals surface area contributed by atoms with Gasteiger partial charge in [-0.25, -0.2) is 0 Å². The summed E-state index contributed by atoms with van der Waals surface area (Å²) in [5, 5.41) is 0. The van der Waals surface area contributed by atoms with Crippen molar-refractivity contribution in [3.63, 3.8) is 0 Å². The highest BCUT2D eigenvalue weighted by Crippen LogP contribution is 2.33. The van der Waals surface area contributed by atoms with Crippen LogP contribution < -0.4 is 15.2 Å². The number of amides is 1. The number of allylic oxidation sites excluding steroid dienone is 1. The van der Waals surface area contributed by atoms with Gasteiger partial charge >= 0.3 is 0 Å². The van der Waals surface area contributed by atoms with Crippen LogP contribution in [0.1, 0.15) is 12.0 Å². The minimum atomic E-state index is -0.303. The summed E-state index contributed by atoms with van der Waals surface area (Å²) in [7, 11) is 0. The molecule has 0 aromatic heterocycles. The minimum Gasteiger partial charge on any atom is -0.454 e. The number of carbonyl (C=O) groups is 1. The number of primary amides is 1. The van der Waals surface area contributed by atoms with Gasteiger partial charge < -0.3 is 15.2 Å². The van der Waals surface area contributed by atoms with Crippen LogP contribution in [0.15, 0.2) is 30.9 Å². The highest BCUT2D eigenvalue weighted by molar-refractivity contribution is 5.77. The zero-order chi connectivity index (χ0) is 12.3. The third-order valence-electron chi connectivity index (χ3n) is 2.77. The first-order valence-electron chi connectivity index (χ1n) is 5.49. The van der Waals surface area contributed by atoms with Crippen molar-refractivity contribution in [1.29, 1.82) is 0 Å². The third-order valence-corrected chi connectivity index (χ3v) is 2.77. The molecule has 1 aromatic carbocycles. The molecule has 1 aliphatic heterocycles. The number of benzene rings is 1. The molecule has 90 valence electrons. The molecule has 1 atom stereocenters. The molecule has 0 fully saturated rings. The second-order valence-corrected chi connectivity index (χ2v) is 4.02. The Morgan fingerprint density at radius 3 is 2.94 bits per heavy atom. The Hall–Kier alpha value is -1.97. The van der Waals surface area contributed by atoms with Gasteiger partial charge in [0.2, 0.25) is 12.7 Å². The number of nitrogens with two attached hydrogens (primary N) is 1. The number of carbonyl (C=O) groups excluding carboxylic acids is 1. The van der Waals surface area contributed by atoms with Gasteiger partial charge in [-0.15, -0.1) is 6.58 Å². The van der Waals surface area contributed by atoms with E-state index < -0.39 is 0 Å². The molecule has 2 N–H and O–H groups in total. The summed E-state index contributed by atoms with van der Waals surface area (Å²) in [6, 6.07) is 5.66. The molecule has 17 heavy (non-hydrogen) atoms. The first-order chi connectivity index (χ1) is 8.20. The van der Waals surface area contributed by atoms with Gasteiger partial charge in [0, 0.05) is 5.92 Å². The lowest BCUT2D eigenvalue weighted by atomic mass is 9.95. The average Bonchev–Trinajstić information content (AvgIpc) is 2.75. The minimum absolute atomic E-state index is 0.215. The molecule has 1 aromatic rings. The number of fused-ring (bicyclic) bond motifs is 1. The van der Waals surface area contributed by atoms with Gasteiger partial charge in [-0.1, -0.05) is 12.1 Å². The van der Waals surface area contributed by atoms with Crippen molar-refractivity contribution >= 4 is 5.91 Å². The van der Waals surface area contributed by atoms with Crippen molar-refractivity contribution in [3.05, 3.63) is 36.4 Å². The Labute approximate surface area is 100 Å². The lowest BCUT2D eigenvalue weighted by Gasteiger charge is -2.11. The van der Waals surface area contributed by atoms with Crippen LogP contribution in [0.3, 0.4) is 0 Å². The second-order valence-electron chi connectivity index (χ2n) is 4.02. The van der Waals surface area contributed by atoms with Gasteiger partial charge in [-0.05, 0) is 30.5 Å². The number of hydrogen-bond acceptors (Lipinski definition) is 3. The molecule has 0 saturated carbocycles. The summed E-state index contributed by atoms with van der Waals surface area (Å²) >= 11 is 0. The highest BCUT2D eigenvalue weighted by atomic mass is 16.7. The molecule has 2 rings (SSSR count). The molecule has 4 nitrogen and oxygen atoms in total. The third kappa shape index (κ3) is 2.58. The largest absolute Gasteiger partial charge is 0.454 e. The summed E-state index contributed by atoms with van der Waals surface area (Å²) in [6.07, 6.45) is 2.89. The van der Waals surface area contributed by atoms with E-state index in [9.17, 15) is 4.79 Å². The van der Waals surface area contributed by atoms with Crippen molar-refractivity contribution in [2.75, 3.05) is 6.79 Å². The maximum Gasteiger partial charge on any atom is 0.231 e. The summed E-state index contributed by atoms with van der Waals surface area (Å²) in [5.74, 6) is 0.952. The molecule has 0 bridgehead atoms. The van der Waals surface area contributed by atoms with Crippen LogP contribution in [0.5, 0.6) is 11.5 Å². The molecule has 4 heteroatoms. The molecule has 1 aliphatic rings. The number of hydrogen-bond donors (Lipinski definition) is 1. The van der Waals surface area contributed by atoms with E-state index in [4.69, 9.17) is 15.2 Å². The van der Waals surface area contributed by atoms with Crippen molar-refractivity contribution in [3.8, 4) is 11.5 Å². The molecule has 0 unspecified atom stereocenters. The van der Waals surface area contributed by atoms with E-state index in [1.807, 2.05) is 18.2 Å². The molecule has 0 saturated heterocycles. The fraction of sp³-hybridized carbons (Fsp3) is 0.308. The first-order valence-corrected chi connectivity index (χ1v) is 5.49. The number of ether oxygens (including phenoxy) is 2. The van der Waals surface area contributed by atoms with Crippen molar-refractivity contribution in [2.24, 2.45) is 11.7 Å². The van der Waals surface area contributed by atoms with Gasteiger partial charge in [-0.2, -0.15) is 0 Å². The monoisotopic (exact) mass is 233 g/mol. The Kier molecular flexibility index (Phi) is 3.32. The zero-order valence-corrected chi connectivity index (χ0v) is 9.52. The highest BCUT2D eigenvalue weighted by Gasteiger charge is 2.17. The standard InChI is InChI=1S/C13H15NO3/c1-2-3-10(13(14)15)6-9-4-5-11-12(7-9)17-8-16-11/h2,4-5,7,10H,1,3,6,8H2,(H2,14,15)/t10-/m0/s1. The Balaban J connectivity index is 2.12. The van der Waals surface area contributed by atoms with Gasteiger partial charge in [0.25, 0.3) is 0 Å². The molecule has 1 heterocycles. The summed E-state index contributed by atoms with van der Waals surface area (Å²) in [6.45, 7) is 3.88. The van der Waals surface area contributed by atoms with E-state index >= 15 is 0 Å². The maximum absolute atomic E-state index is 11.2. The number of rotatable bonds is 5. The Morgan fingerprint density at radius 1 is 1.47 bits per heavy atom. The lowest BCUT2D eigenvalue weighted by molar-refractivity contribution is -0.121. The van der Waals surface area contributed by atoms with Crippen LogP contribution >= 0.6 is 0 Å². The second kappa shape index (κ2) is 4.91. The first kappa shape index (κ1) is 11.5. The summed E-state index contributed by atoms with van der Waals surface area (Å²) < 4.78 is 10.5. The smallest absolute Gasteiger partial charge is 0.231 e. The van der Waals surface area contributed by atoms with E-state index in [1.165, 1.54) is 0 Å². The molecule has 1 amide bonds. The molecular weight excluding hydrogens is 218 g/mol. The quantitative estimate of drug-likeness (QED) is 0.786. The van der Waals surface area contributed by atoms with Crippen LogP contribution in [0.4, 0.5) is 0 Å². The normalized spacial score (nSPS) is 14.4. The molecular formula is C13H15NO3. The zero-order valence-electron chi connectivity index (χ0n) is 9.52. The predicted octanol–water partition coefficient (Wildman–Crippen LogP) is 1.64. The average molecular weight is 233 g/mol. The summed E-state index contributed by atoms with van der Waals surface area (Å²) in [5.41, 5.74) is 6.35. The fourth-order valence-corrected chi connectivity index (χ4v) is 1.85. The van der Waals surface area contributed by atoms with Crippen molar-refractivity contribution in [1.82, 2.24) is 0 Å². The van der Waals surface area contributed by atoms with Crippen LogP contribution in [-0.4, -0.2) is 12.7 Å². The van der Waals surface area contributed by atoms with Gasteiger partial charge in [0.15, 0.2) is 11.5 Å². The van der Waals surface area contributed by atoms with Gasteiger partial charge in [-0.3, -0.25) is 4.79 Å². The molecule has 0 radical (unpaired) electrons. The molecule has 0 aliphatic carbocycles. The SMILES string of the molecule is C=CC[C@@H](Cc1ccc2c(c1)OCO2)C(N)=O. The van der Waals surface area contributed by atoms with E-state index in [2.05, 4.69) is 6.58 Å². The van der Waals surface area contributed by atoms with Gasteiger partial charge in [0.05, 0.1) is 0 Å². The molecule has 0 spiro atoms. The maximum atomic E-state index is 11.2. The Bertz CT molecular complexity index is 442. The van der Waals surface area contributed by atoms with Crippen LogP contribution in [-0.2, 0) is 11.2 Å². The Morgan fingerprint density at radius 2 is 2.24 bits per heavy atom. The van der Waals surface area contributed by atoms with E-state index in [0.717, 1.165) is 17.1 Å². The van der Waals surface area contributed by atoms with Crippen LogP contribution in [0, 0.1) is 5.92 Å². The van der Waals surface area contributed by atoms with Crippen molar-refractivity contribution < 1.29 is 14.3 Å². The van der Waals surface area contributed by atoms with E-state index in [1.54, 1.807) is 6.08 Å². The van der Waals surface area contributed by atoms with Crippen LogP contribution in [0.2, 0.25) is 0 Å². The fourth-order valence-electron chi connectivity index (χ4n) is 1.85. The van der Waals surface area contributed by atoms with Crippen molar-refractivity contribution in [2.45, 2.75) is 12.8 Å². The van der Waals surface area contributed by atoms with E-state index in [0.29, 0.717) is 12.8 Å².